The van der Waals surface area contributed by atoms with E-state index in [1.165, 1.54) is 0 Å². The van der Waals surface area contributed by atoms with Crippen LogP contribution in [0.15, 0.2) is 71.9 Å². The number of likely N-dealkylation sites (tertiary alicyclic amines) is 1. The molecule has 1 amide bonds. The third-order valence-corrected chi connectivity index (χ3v) is 6.23. The highest BCUT2D eigenvalue weighted by molar-refractivity contribution is 6.10. The van der Waals surface area contributed by atoms with Crippen LogP contribution in [0.25, 0.3) is 0 Å². The molecule has 3 heterocycles. The number of piperidine rings is 1. The number of fused-ring (bicyclic) bond motifs is 1. The molecule has 2 aliphatic heterocycles. The van der Waals surface area contributed by atoms with Crippen molar-refractivity contribution in [2.75, 3.05) is 23.7 Å². The van der Waals surface area contributed by atoms with Crippen molar-refractivity contribution < 1.29 is 4.79 Å². The Morgan fingerprint density at radius 3 is 2.66 bits per heavy atom. The molecule has 1 atom stereocenters. The Morgan fingerprint density at radius 1 is 1.09 bits per heavy atom. The lowest BCUT2D eigenvalue weighted by atomic mass is 9.85. The minimum absolute atomic E-state index is 0.0284. The number of amidine groups is 1. The number of para-hydroxylation sites is 2. The van der Waals surface area contributed by atoms with Gasteiger partial charge in [0, 0.05) is 19.3 Å². The van der Waals surface area contributed by atoms with E-state index in [0.717, 1.165) is 48.7 Å². The summed E-state index contributed by atoms with van der Waals surface area (Å²) in [5.74, 6) is 0.857. The fourth-order valence-corrected chi connectivity index (χ4v) is 4.55. The van der Waals surface area contributed by atoms with Gasteiger partial charge in [-0.15, -0.1) is 0 Å². The van der Waals surface area contributed by atoms with Gasteiger partial charge < -0.3 is 15.5 Å². The molecule has 1 saturated heterocycles. The van der Waals surface area contributed by atoms with Gasteiger partial charge in [-0.1, -0.05) is 42.5 Å². The monoisotopic (exact) mass is 428 g/mol. The average Bonchev–Trinajstić information content (AvgIpc) is 3.32. The molecule has 3 aromatic rings. The maximum atomic E-state index is 13.2. The number of anilines is 2. The Bertz CT molecular complexity index is 1140. The number of benzene rings is 2. The van der Waals surface area contributed by atoms with Gasteiger partial charge in [0.25, 0.3) is 5.91 Å². The number of aliphatic imine (C=N–C) groups is 1. The first-order chi connectivity index (χ1) is 15.7. The highest BCUT2D eigenvalue weighted by atomic mass is 16.2. The molecule has 164 valence electrons. The fraction of sp³-hybridized carbons (Fsp3) is 0.320. The molecule has 5 rings (SSSR count). The van der Waals surface area contributed by atoms with Crippen molar-refractivity contribution in [2.24, 2.45) is 4.99 Å². The highest BCUT2D eigenvalue weighted by Gasteiger charge is 2.44. The van der Waals surface area contributed by atoms with E-state index in [9.17, 15) is 4.79 Å². The molecular weight excluding hydrogens is 400 g/mol. The number of hydrogen-bond donors (Lipinski definition) is 2. The van der Waals surface area contributed by atoms with E-state index >= 15 is 0 Å². The first-order valence-electron chi connectivity index (χ1n) is 11.2. The first kappa shape index (κ1) is 20.3. The summed E-state index contributed by atoms with van der Waals surface area (Å²) in [5, 5.41) is 11.7. The lowest BCUT2D eigenvalue weighted by Gasteiger charge is -2.47. The Morgan fingerprint density at radius 2 is 1.88 bits per heavy atom. The van der Waals surface area contributed by atoms with Gasteiger partial charge in [0.15, 0.2) is 0 Å². The van der Waals surface area contributed by atoms with E-state index in [4.69, 9.17) is 4.99 Å². The van der Waals surface area contributed by atoms with Crippen molar-refractivity contribution in [3.63, 3.8) is 0 Å². The van der Waals surface area contributed by atoms with Crippen molar-refractivity contribution >= 4 is 23.1 Å². The van der Waals surface area contributed by atoms with Crippen LogP contribution in [0.4, 0.5) is 11.4 Å². The Labute approximate surface area is 188 Å². The zero-order valence-corrected chi connectivity index (χ0v) is 18.3. The largest absolute Gasteiger partial charge is 0.370 e. The molecule has 0 aliphatic carbocycles. The number of nitrogens with zero attached hydrogens (tertiary/aromatic N) is 4. The normalized spacial score (nSPS) is 21.2. The minimum Gasteiger partial charge on any atom is -0.370 e. The molecule has 0 unspecified atom stereocenters. The number of aryl methyl sites for hydroxylation is 1. The van der Waals surface area contributed by atoms with Crippen LogP contribution in [-0.4, -0.2) is 45.1 Å². The van der Waals surface area contributed by atoms with Crippen LogP contribution in [0.5, 0.6) is 0 Å². The van der Waals surface area contributed by atoms with E-state index in [1.807, 2.05) is 48.4 Å². The van der Waals surface area contributed by atoms with Crippen LogP contribution in [0, 0.1) is 0 Å². The molecule has 0 radical (unpaired) electrons. The van der Waals surface area contributed by atoms with Gasteiger partial charge >= 0.3 is 0 Å². The smallest absolute Gasteiger partial charge is 0.274 e. The van der Waals surface area contributed by atoms with Crippen molar-refractivity contribution in [2.45, 2.75) is 38.4 Å². The van der Waals surface area contributed by atoms with Crippen LogP contribution in [0.2, 0.25) is 0 Å². The molecule has 7 nitrogen and oxygen atoms in total. The number of rotatable bonds is 4. The second-order valence-electron chi connectivity index (χ2n) is 8.42. The molecule has 2 N–H and O–H groups in total. The van der Waals surface area contributed by atoms with Crippen LogP contribution < -0.4 is 10.6 Å². The second-order valence-corrected chi connectivity index (χ2v) is 8.42. The number of carbonyl (C=O) groups is 1. The summed E-state index contributed by atoms with van der Waals surface area (Å²) in [6.45, 7) is 4.61. The summed E-state index contributed by atoms with van der Waals surface area (Å²) in [4.78, 5) is 20.2. The lowest BCUT2D eigenvalue weighted by Crippen LogP contribution is -2.62. The number of amides is 1. The zero-order chi connectivity index (χ0) is 22.0. The molecule has 1 aromatic heterocycles. The molecule has 0 bridgehead atoms. The highest BCUT2D eigenvalue weighted by Crippen LogP contribution is 2.36. The van der Waals surface area contributed by atoms with Gasteiger partial charge in [0.05, 0.1) is 24.5 Å². The van der Waals surface area contributed by atoms with Gasteiger partial charge in [-0.25, -0.2) is 0 Å². The number of carbonyl (C=O) groups excluding carboxylic acids is 1. The topological polar surface area (TPSA) is 74.6 Å². The van der Waals surface area contributed by atoms with Gasteiger partial charge in [0.1, 0.15) is 17.1 Å². The molecule has 0 saturated carbocycles. The molecule has 7 heteroatoms. The van der Waals surface area contributed by atoms with E-state index in [-0.39, 0.29) is 5.91 Å². The maximum absolute atomic E-state index is 13.2. The summed E-state index contributed by atoms with van der Waals surface area (Å²) in [6, 6.07) is 20.2. The summed E-state index contributed by atoms with van der Waals surface area (Å²) >= 11 is 0. The Balaban J connectivity index is 1.46. The molecule has 32 heavy (non-hydrogen) atoms. The second kappa shape index (κ2) is 8.49. The summed E-state index contributed by atoms with van der Waals surface area (Å²) < 4.78 is 1.79. The van der Waals surface area contributed by atoms with Gasteiger partial charge in [-0.05, 0) is 43.5 Å². The number of hydrogen-bond acceptors (Lipinski definition) is 4. The third-order valence-electron chi connectivity index (χ3n) is 6.23. The SMILES string of the molecule is CCn1ccc(C(=O)N2CCC[C@@]3(C2)Nc2ccccc2NC3=NCc2ccccc2)n1. The van der Waals surface area contributed by atoms with Crippen LogP contribution in [-0.2, 0) is 13.1 Å². The van der Waals surface area contributed by atoms with Crippen LogP contribution in [0.1, 0.15) is 35.8 Å². The van der Waals surface area contributed by atoms with Crippen molar-refractivity contribution in [3.8, 4) is 0 Å². The van der Waals surface area contributed by atoms with E-state index in [2.05, 4.69) is 40.0 Å². The zero-order valence-electron chi connectivity index (χ0n) is 18.3. The van der Waals surface area contributed by atoms with Crippen LogP contribution >= 0.6 is 0 Å². The first-order valence-corrected chi connectivity index (χ1v) is 11.2. The predicted molar refractivity (Wildman–Crippen MR) is 127 cm³/mol. The van der Waals surface area contributed by atoms with Crippen molar-refractivity contribution in [3.05, 3.63) is 78.1 Å². The quantitative estimate of drug-likeness (QED) is 0.658. The Hall–Kier alpha value is -3.61. The van der Waals surface area contributed by atoms with Crippen molar-refractivity contribution in [1.82, 2.24) is 14.7 Å². The van der Waals surface area contributed by atoms with E-state index in [0.29, 0.717) is 18.8 Å². The summed E-state index contributed by atoms with van der Waals surface area (Å²) in [6.07, 6.45) is 3.65. The Kier molecular flexibility index (Phi) is 5.39. The van der Waals surface area contributed by atoms with Gasteiger partial charge in [0.2, 0.25) is 0 Å². The van der Waals surface area contributed by atoms with Crippen molar-refractivity contribution in [1.29, 1.82) is 0 Å². The molecule has 1 spiro atoms. The fourth-order valence-electron chi connectivity index (χ4n) is 4.55. The molecule has 2 aliphatic rings. The van der Waals surface area contributed by atoms with Gasteiger partial charge in [-0.3, -0.25) is 14.5 Å². The summed E-state index contributed by atoms with van der Waals surface area (Å²) in [5.41, 5.74) is 3.25. The van der Waals surface area contributed by atoms with E-state index < -0.39 is 5.54 Å². The van der Waals surface area contributed by atoms with E-state index in [1.54, 1.807) is 10.7 Å². The number of nitrogens with one attached hydrogen (secondary N) is 2. The predicted octanol–water partition coefficient (Wildman–Crippen LogP) is 4.01. The molecule has 1 fully saturated rings. The molecule has 2 aromatic carbocycles. The number of aromatic nitrogens is 2. The maximum Gasteiger partial charge on any atom is 0.274 e. The van der Waals surface area contributed by atoms with Gasteiger partial charge in [-0.2, -0.15) is 5.10 Å². The standard InChI is InChI=1S/C25H28N6O/c1-2-31-16-13-22(29-31)23(32)30-15-8-14-25(18-30)24(26-17-19-9-4-3-5-10-19)27-20-11-6-7-12-21(20)28-25/h3-7,9-13,16,28H,2,8,14-15,17-18H2,1H3,(H,26,27)/t25-/m0/s1. The van der Waals surface area contributed by atoms with Crippen LogP contribution in [0.3, 0.4) is 0 Å². The third kappa shape index (κ3) is 3.86. The minimum atomic E-state index is -0.454. The summed E-state index contributed by atoms with van der Waals surface area (Å²) in [7, 11) is 0. The molecular formula is C25H28N6O. The lowest BCUT2D eigenvalue weighted by molar-refractivity contribution is 0.0687. The average molecular weight is 429 g/mol.